The van der Waals surface area contributed by atoms with Crippen LogP contribution in [-0.4, -0.2) is 67.4 Å². The predicted octanol–water partition coefficient (Wildman–Crippen LogP) is -0.562. The molecule has 132 valence electrons. The Morgan fingerprint density at radius 3 is 2.79 bits per heavy atom. The maximum absolute atomic E-state index is 12.1. The Morgan fingerprint density at radius 1 is 1.42 bits per heavy atom. The van der Waals surface area contributed by atoms with Crippen molar-refractivity contribution in [3.63, 3.8) is 0 Å². The molecule has 2 amide bonds. The molecule has 1 fully saturated rings. The van der Waals surface area contributed by atoms with Crippen molar-refractivity contribution in [1.29, 1.82) is 0 Å². The van der Waals surface area contributed by atoms with Crippen LogP contribution in [0.4, 0.5) is 0 Å². The van der Waals surface area contributed by atoms with Crippen LogP contribution in [0.25, 0.3) is 0 Å². The van der Waals surface area contributed by atoms with Gasteiger partial charge in [0.2, 0.25) is 21.8 Å². The van der Waals surface area contributed by atoms with E-state index in [0.29, 0.717) is 13.1 Å². The van der Waals surface area contributed by atoms with Crippen LogP contribution >= 0.6 is 0 Å². The van der Waals surface area contributed by atoms with E-state index in [-0.39, 0.29) is 30.5 Å². The molecule has 1 N–H and O–H groups in total. The minimum Gasteiger partial charge on any atom is -0.355 e. The number of sulfonamides is 1. The van der Waals surface area contributed by atoms with Crippen LogP contribution < -0.4 is 5.32 Å². The third-order valence-electron chi connectivity index (χ3n) is 3.88. The molecule has 0 spiro atoms. The topological polar surface area (TPSA) is 99.7 Å². The summed E-state index contributed by atoms with van der Waals surface area (Å²) in [5.74, 6) is -1.00. The lowest BCUT2D eigenvalue weighted by molar-refractivity contribution is -0.129. The lowest BCUT2D eigenvalue weighted by atomic mass is 10.1. The molecule has 1 saturated heterocycles. The van der Waals surface area contributed by atoms with Crippen LogP contribution in [0.2, 0.25) is 0 Å². The quantitative estimate of drug-likeness (QED) is 0.707. The zero-order chi connectivity index (χ0) is 17.7. The maximum Gasteiger partial charge on any atom is 0.225 e. The van der Waals surface area contributed by atoms with Crippen LogP contribution in [0.1, 0.15) is 12.1 Å². The molecule has 0 aromatic carbocycles. The number of rotatable bonds is 7. The van der Waals surface area contributed by atoms with Gasteiger partial charge in [0.15, 0.2) is 0 Å². The highest BCUT2D eigenvalue weighted by atomic mass is 32.2. The first-order chi connectivity index (χ1) is 11.3. The van der Waals surface area contributed by atoms with Gasteiger partial charge in [-0.05, 0) is 12.1 Å². The minimum absolute atomic E-state index is 0.0320. The minimum atomic E-state index is -3.35. The Morgan fingerprint density at radius 2 is 2.17 bits per heavy atom. The molecule has 8 nitrogen and oxygen atoms in total. The Balaban J connectivity index is 1.83. The van der Waals surface area contributed by atoms with Crippen molar-refractivity contribution in [2.24, 2.45) is 5.92 Å². The Labute approximate surface area is 141 Å². The van der Waals surface area contributed by atoms with E-state index >= 15 is 0 Å². The van der Waals surface area contributed by atoms with Crippen LogP contribution in [0, 0.1) is 5.92 Å². The molecule has 0 aliphatic carbocycles. The molecule has 1 aliphatic heterocycles. The van der Waals surface area contributed by atoms with Gasteiger partial charge in [-0.15, -0.1) is 0 Å². The number of nitrogens with zero attached hydrogens (tertiary/aromatic N) is 3. The van der Waals surface area contributed by atoms with E-state index in [9.17, 15) is 18.0 Å². The molecule has 9 heteroatoms. The third kappa shape index (κ3) is 4.75. The van der Waals surface area contributed by atoms with E-state index in [0.717, 1.165) is 10.00 Å². The van der Waals surface area contributed by atoms with Crippen molar-refractivity contribution in [2.75, 3.05) is 32.9 Å². The summed E-state index contributed by atoms with van der Waals surface area (Å²) in [5.41, 5.74) is 0.768. The first-order valence-electron chi connectivity index (χ1n) is 7.65. The molecule has 1 aromatic heterocycles. The molecule has 1 aliphatic rings. The van der Waals surface area contributed by atoms with Gasteiger partial charge in [-0.3, -0.25) is 14.6 Å². The Kier molecular flexibility index (Phi) is 5.89. The largest absolute Gasteiger partial charge is 0.355 e. The molecule has 0 radical (unpaired) electrons. The molecule has 24 heavy (non-hydrogen) atoms. The van der Waals surface area contributed by atoms with Gasteiger partial charge in [-0.2, -0.15) is 0 Å². The summed E-state index contributed by atoms with van der Waals surface area (Å²) in [6.07, 6.45) is 1.80. The van der Waals surface area contributed by atoms with Crippen LogP contribution in [0.3, 0.4) is 0 Å². The van der Waals surface area contributed by atoms with Gasteiger partial charge in [-0.1, -0.05) is 6.07 Å². The second-order valence-electron chi connectivity index (χ2n) is 5.89. The summed E-state index contributed by atoms with van der Waals surface area (Å²) >= 11 is 0. The third-order valence-corrected chi connectivity index (χ3v) is 5.71. The van der Waals surface area contributed by atoms with Gasteiger partial charge in [0.1, 0.15) is 0 Å². The monoisotopic (exact) mass is 354 g/mol. The summed E-state index contributed by atoms with van der Waals surface area (Å²) in [7, 11) is -0.453. The lowest BCUT2D eigenvalue weighted by Crippen LogP contribution is -2.37. The SMILES string of the molecule is CN(C)S(=O)(=O)CCNC(=O)[C@@H]1CC(=O)N(Cc2ccccn2)C1. The zero-order valence-electron chi connectivity index (χ0n) is 13.8. The number of pyridine rings is 1. The van der Waals surface area contributed by atoms with E-state index in [4.69, 9.17) is 0 Å². The molecule has 2 heterocycles. The van der Waals surface area contributed by atoms with E-state index in [2.05, 4.69) is 10.3 Å². The molecule has 0 unspecified atom stereocenters. The van der Waals surface area contributed by atoms with Crippen LogP contribution in [0.15, 0.2) is 24.4 Å². The van der Waals surface area contributed by atoms with Crippen molar-refractivity contribution >= 4 is 21.8 Å². The molecule has 1 atom stereocenters. The number of carbonyl (C=O) groups is 2. The lowest BCUT2D eigenvalue weighted by Gasteiger charge is -2.16. The normalized spacial score (nSPS) is 18.2. The van der Waals surface area contributed by atoms with E-state index in [1.54, 1.807) is 17.2 Å². The Hall–Kier alpha value is -2.00. The van der Waals surface area contributed by atoms with Gasteiger partial charge in [0.05, 0.1) is 23.9 Å². The Bertz CT molecular complexity index is 691. The van der Waals surface area contributed by atoms with Crippen LogP contribution in [-0.2, 0) is 26.2 Å². The summed E-state index contributed by atoms with van der Waals surface area (Å²) in [6, 6.07) is 5.47. The number of amides is 2. The summed E-state index contributed by atoms with van der Waals surface area (Å²) in [5, 5.41) is 2.60. The van der Waals surface area contributed by atoms with Crippen molar-refractivity contribution in [2.45, 2.75) is 13.0 Å². The van der Waals surface area contributed by atoms with Gasteiger partial charge in [0.25, 0.3) is 0 Å². The predicted molar refractivity (Wildman–Crippen MR) is 88.2 cm³/mol. The number of carbonyl (C=O) groups excluding carboxylic acids is 2. The smallest absolute Gasteiger partial charge is 0.225 e. The van der Waals surface area contributed by atoms with Gasteiger partial charge in [-0.25, -0.2) is 12.7 Å². The highest BCUT2D eigenvalue weighted by Crippen LogP contribution is 2.19. The molecule has 0 bridgehead atoms. The number of hydrogen-bond acceptors (Lipinski definition) is 5. The molecule has 1 aromatic rings. The number of nitrogens with one attached hydrogen (secondary N) is 1. The fraction of sp³-hybridized carbons (Fsp3) is 0.533. The number of aromatic nitrogens is 1. The van der Waals surface area contributed by atoms with Crippen molar-refractivity contribution < 1.29 is 18.0 Å². The number of hydrogen-bond donors (Lipinski definition) is 1. The number of likely N-dealkylation sites (tertiary alicyclic amines) is 1. The average molecular weight is 354 g/mol. The van der Waals surface area contributed by atoms with Crippen molar-refractivity contribution in [1.82, 2.24) is 19.5 Å². The molecular weight excluding hydrogens is 332 g/mol. The van der Waals surface area contributed by atoms with Crippen molar-refractivity contribution in [3.8, 4) is 0 Å². The summed E-state index contributed by atoms with van der Waals surface area (Å²) in [4.78, 5) is 29.9. The fourth-order valence-corrected chi connectivity index (χ4v) is 3.14. The summed E-state index contributed by atoms with van der Waals surface area (Å²) < 4.78 is 24.4. The zero-order valence-corrected chi connectivity index (χ0v) is 14.6. The second kappa shape index (κ2) is 7.71. The van der Waals surface area contributed by atoms with Gasteiger partial charge < -0.3 is 10.2 Å². The van der Waals surface area contributed by atoms with Gasteiger partial charge in [0, 0.05) is 39.8 Å². The van der Waals surface area contributed by atoms with E-state index in [1.807, 2.05) is 12.1 Å². The average Bonchev–Trinajstić information content (AvgIpc) is 2.89. The highest BCUT2D eigenvalue weighted by Gasteiger charge is 2.34. The molecule has 0 saturated carbocycles. The van der Waals surface area contributed by atoms with E-state index < -0.39 is 15.9 Å². The highest BCUT2D eigenvalue weighted by molar-refractivity contribution is 7.89. The molecular formula is C15H22N4O4S. The van der Waals surface area contributed by atoms with E-state index in [1.165, 1.54) is 14.1 Å². The summed E-state index contributed by atoms with van der Waals surface area (Å²) in [6.45, 7) is 0.727. The molecule has 2 rings (SSSR count). The maximum atomic E-state index is 12.1. The second-order valence-corrected chi connectivity index (χ2v) is 8.19. The van der Waals surface area contributed by atoms with Crippen molar-refractivity contribution in [3.05, 3.63) is 30.1 Å². The van der Waals surface area contributed by atoms with Crippen LogP contribution in [0.5, 0.6) is 0 Å². The fourth-order valence-electron chi connectivity index (χ4n) is 2.42. The first-order valence-corrected chi connectivity index (χ1v) is 9.26. The first kappa shape index (κ1) is 18.3. The van der Waals surface area contributed by atoms with Gasteiger partial charge >= 0.3 is 0 Å². The standard InChI is InChI=1S/C15H22N4O4S/c1-18(2)24(22,23)8-7-17-15(21)12-9-14(20)19(10-12)11-13-5-3-4-6-16-13/h3-6,12H,7-11H2,1-2H3,(H,17,21)/t12-/m1/s1.